The van der Waals surface area contributed by atoms with Gasteiger partial charge in [-0.25, -0.2) is 4.68 Å². The molecule has 1 aromatic heterocycles. The van der Waals surface area contributed by atoms with Gasteiger partial charge in [-0.1, -0.05) is 30.3 Å². The van der Waals surface area contributed by atoms with Crippen molar-refractivity contribution in [1.29, 1.82) is 0 Å². The number of nitrogens with one attached hydrogen (secondary N) is 1. The largest absolute Gasteiger partial charge is 0.354 e. The highest BCUT2D eigenvalue weighted by Gasteiger charge is 2.12. The van der Waals surface area contributed by atoms with Gasteiger partial charge in [-0.15, -0.1) is 5.10 Å². The average Bonchev–Trinajstić information content (AvgIpc) is 2.84. The van der Waals surface area contributed by atoms with Gasteiger partial charge in [0.25, 0.3) is 0 Å². The summed E-state index contributed by atoms with van der Waals surface area (Å²) in [6.07, 6.45) is 1.05. The molecule has 0 aliphatic carbocycles. The molecule has 0 fully saturated rings. The van der Waals surface area contributed by atoms with Crippen LogP contribution in [-0.2, 0) is 24.2 Å². The predicted molar refractivity (Wildman–Crippen MR) is 74.9 cm³/mol. The second-order valence-electron chi connectivity index (χ2n) is 4.95. The Hall–Kier alpha value is -2.24. The quantitative estimate of drug-likeness (QED) is 0.851. The van der Waals surface area contributed by atoms with Crippen molar-refractivity contribution >= 4 is 5.91 Å². The first kappa shape index (κ1) is 14.2. The number of tetrazole rings is 1. The Morgan fingerprint density at radius 3 is 2.75 bits per heavy atom. The maximum atomic E-state index is 11.7. The lowest BCUT2D eigenvalue weighted by Crippen LogP contribution is -2.32. The van der Waals surface area contributed by atoms with Gasteiger partial charge in [-0.2, -0.15) is 0 Å². The third-order valence-electron chi connectivity index (χ3n) is 2.83. The molecule has 20 heavy (non-hydrogen) atoms. The smallest absolute Gasteiger partial charge is 0.227 e. The van der Waals surface area contributed by atoms with Crippen LogP contribution in [-0.4, -0.2) is 32.2 Å². The van der Waals surface area contributed by atoms with Gasteiger partial charge in [0, 0.05) is 12.6 Å². The molecule has 0 spiro atoms. The number of hydrogen-bond acceptors (Lipinski definition) is 4. The van der Waals surface area contributed by atoms with E-state index in [9.17, 15) is 4.79 Å². The fourth-order valence-electron chi connectivity index (χ4n) is 1.92. The molecule has 1 N–H and O–H groups in total. The van der Waals surface area contributed by atoms with E-state index in [0.717, 1.165) is 6.42 Å². The van der Waals surface area contributed by atoms with Crippen LogP contribution < -0.4 is 5.32 Å². The summed E-state index contributed by atoms with van der Waals surface area (Å²) in [4.78, 5) is 11.7. The Balaban J connectivity index is 1.93. The standard InChI is InChI=1S/C14H19N5O/c1-11(2)15-14(20)10-13-16-17-18-19(13)9-8-12-6-4-3-5-7-12/h3-7,11H,8-10H2,1-2H3,(H,15,20). The first-order chi connectivity index (χ1) is 9.65. The van der Waals surface area contributed by atoms with Gasteiger partial charge in [0.15, 0.2) is 5.82 Å². The van der Waals surface area contributed by atoms with E-state index in [0.29, 0.717) is 12.4 Å². The molecule has 1 aromatic carbocycles. The minimum Gasteiger partial charge on any atom is -0.354 e. The topological polar surface area (TPSA) is 72.7 Å². The minimum absolute atomic E-state index is 0.0595. The summed E-state index contributed by atoms with van der Waals surface area (Å²) in [6.45, 7) is 4.52. The maximum Gasteiger partial charge on any atom is 0.227 e. The monoisotopic (exact) mass is 273 g/mol. The molecule has 0 aliphatic rings. The number of nitrogens with zero attached hydrogens (tertiary/aromatic N) is 4. The molecular weight excluding hydrogens is 254 g/mol. The predicted octanol–water partition coefficient (Wildman–Crippen LogP) is 0.983. The van der Waals surface area contributed by atoms with Crippen molar-refractivity contribution in [3.63, 3.8) is 0 Å². The van der Waals surface area contributed by atoms with Crippen LogP contribution in [0.15, 0.2) is 30.3 Å². The van der Waals surface area contributed by atoms with Crippen LogP contribution in [0.5, 0.6) is 0 Å². The van der Waals surface area contributed by atoms with E-state index in [2.05, 4.69) is 33.0 Å². The van der Waals surface area contributed by atoms with Crippen LogP contribution >= 0.6 is 0 Å². The van der Waals surface area contributed by atoms with Gasteiger partial charge in [-0.05, 0) is 36.3 Å². The molecule has 1 heterocycles. The lowest BCUT2D eigenvalue weighted by atomic mass is 10.1. The van der Waals surface area contributed by atoms with E-state index in [1.807, 2.05) is 32.0 Å². The second-order valence-corrected chi connectivity index (χ2v) is 4.95. The van der Waals surface area contributed by atoms with Gasteiger partial charge >= 0.3 is 0 Å². The van der Waals surface area contributed by atoms with Crippen molar-refractivity contribution < 1.29 is 4.79 Å². The fraction of sp³-hybridized carbons (Fsp3) is 0.429. The number of amides is 1. The molecule has 106 valence electrons. The second kappa shape index (κ2) is 6.79. The molecule has 0 unspecified atom stereocenters. The number of carbonyl (C=O) groups is 1. The number of benzene rings is 1. The zero-order valence-corrected chi connectivity index (χ0v) is 11.8. The Morgan fingerprint density at radius 2 is 2.05 bits per heavy atom. The number of hydrogen-bond donors (Lipinski definition) is 1. The number of rotatable bonds is 6. The van der Waals surface area contributed by atoms with Gasteiger partial charge in [0.1, 0.15) is 0 Å². The summed E-state index contributed by atoms with van der Waals surface area (Å²) in [5.41, 5.74) is 1.22. The highest BCUT2D eigenvalue weighted by atomic mass is 16.1. The van der Waals surface area contributed by atoms with E-state index in [1.165, 1.54) is 5.56 Å². The van der Waals surface area contributed by atoms with E-state index < -0.39 is 0 Å². The molecule has 6 heteroatoms. The first-order valence-corrected chi connectivity index (χ1v) is 6.73. The zero-order valence-electron chi connectivity index (χ0n) is 11.8. The summed E-state index contributed by atoms with van der Waals surface area (Å²) >= 11 is 0. The SMILES string of the molecule is CC(C)NC(=O)Cc1nnnn1CCc1ccccc1. The van der Waals surface area contributed by atoms with Crippen LogP contribution in [0.2, 0.25) is 0 Å². The minimum atomic E-state index is -0.0595. The summed E-state index contributed by atoms with van der Waals surface area (Å²) in [7, 11) is 0. The van der Waals surface area contributed by atoms with Crippen LogP contribution in [0.4, 0.5) is 0 Å². The molecule has 2 aromatic rings. The van der Waals surface area contributed by atoms with Crippen molar-refractivity contribution in [1.82, 2.24) is 25.5 Å². The van der Waals surface area contributed by atoms with Crippen molar-refractivity contribution in [3.8, 4) is 0 Å². The maximum absolute atomic E-state index is 11.7. The summed E-state index contributed by atoms with van der Waals surface area (Å²) in [6, 6.07) is 10.3. The number of aromatic nitrogens is 4. The summed E-state index contributed by atoms with van der Waals surface area (Å²) in [5, 5.41) is 14.3. The van der Waals surface area contributed by atoms with Crippen molar-refractivity contribution in [2.45, 2.75) is 39.3 Å². The summed E-state index contributed by atoms with van der Waals surface area (Å²) in [5.74, 6) is 0.537. The molecule has 0 radical (unpaired) electrons. The highest BCUT2D eigenvalue weighted by Crippen LogP contribution is 2.03. The van der Waals surface area contributed by atoms with Crippen molar-refractivity contribution in [2.75, 3.05) is 0 Å². The molecule has 0 atom stereocenters. The Kier molecular flexibility index (Phi) is 4.81. The fourth-order valence-corrected chi connectivity index (χ4v) is 1.92. The van der Waals surface area contributed by atoms with E-state index in [1.54, 1.807) is 4.68 Å². The Bertz CT molecular complexity index is 550. The van der Waals surface area contributed by atoms with Crippen molar-refractivity contribution in [2.24, 2.45) is 0 Å². The van der Waals surface area contributed by atoms with Crippen LogP contribution in [0.25, 0.3) is 0 Å². The van der Waals surface area contributed by atoms with Crippen LogP contribution in [0, 0.1) is 0 Å². The molecule has 6 nitrogen and oxygen atoms in total. The summed E-state index contributed by atoms with van der Waals surface area (Å²) < 4.78 is 1.69. The third-order valence-corrected chi connectivity index (χ3v) is 2.83. The van der Waals surface area contributed by atoms with Gasteiger partial charge in [0.2, 0.25) is 5.91 Å². The average molecular weight is 273 g/mol. The molecule has 0 saturated carbocycles. The van der Waals surface area contributed by atoms with E-state index >= 15 is 0 Å². The number of carbonyl (C=O) groups excluding carboxylic acids is 1. The molecule has 1 amide bonds. The molecule has 0 saturated heterocycles. The van der Waals surface area contributed by atoms with Gasteiger partial charge in [-0.3, -0.25) is 4.79 Å². The van der Waals surface area contributed by atoms with E-state index in [-0.39, 0.29) is 18.4 Å². The molecule has 2 rings (SSSR count). The normalized spacial score (nSPS) is 10.8. The van der Waals surface area contributed by atoms with Crippen molar-refractivity contribution in [3.05, 3.63) is 41.7 Å². The van der Waals surface area contributed by atoms with Crippen LogP contribution in [0.3, 0.4) is 0 Å². The Morgan fingerprint density at radius 1 is 1.30 bits per heavy atom. The molecule has 0 aliphatic heterocycles. The van der Waals surface area contributed by atoms with E-state index in [4.69, 9.17) is 0 Å². The lowest BCUT2D eigenvalue weighted by Gasteiger charge is -2.08. The number of aryl methyl sites for hydroxylation is 2. The molecular formula is C14H19N5O. The lowest BCUT2D eigenvalue weighted by molar-refractivity contribution is -0.121. The highest BCUT2D eigenvalue weighted by molar-refractivity contribution is 5.77. The third kappa shape index (κ3) is 4.15. The Labute approximate surface area is 118 Å². The van der Waals surface area contributed by atoms with Gasteiger partial charge in [0.05, 0.1) is 6.42 Å². The zero-order chi connectivity index (χ0) is 14.4. The first-order valence-electron chi connectivity index (χ1n) is 6.73. The molecule has 0 bridgehead atoms. The van der Waals surface area contributed by atoms with Gasteiger partial charge < -0.3 is 5.32 Å². The van der Waals surface area contributed by atoms with Crippen LogP contribution in [0.1, 0.15) is 25.2 Å².